The second-order valence-electron chi connectivity index (χ2n) is 5.92. The highest BCUT2D eigenvalue weighted by molar-refractivity contribution is 5.79. The van der Waals surface area contributed by atoms with Crippen LogP contribution in [0.2, 0.25) is 0 Å². The Bertz CT molecular complexity index is 737. The van der Waals surface area contributed by atoms with Gasteiger partial charge in [-0.1, -0.05) is 12.1 Å². The van der Waals surface area contributed by atoms with Gasteiger partial charge in [-0.2, -0.15) is 0 Å². The smallest absolute Gasteiger partial charge is 0.191 e. The molecule has 0 atom stereocenters. The number of aryl methyl sites for hydroxylation is 2. The van der Waals surface area contributed by atoms with Crippen LogP contribution in [0.3, 0.4) is 0 Å². The van der Waals surface area contributed by atoms with Crippen molar-refractivity contribution in [2.75, 3.05) is 6.54 Å². The molecular formula is C17H23FN6. The standard InChI is InChI=1S/C17H23FN6/c1-3-19-17(20-10-13-7-6-12(2)14(18)9-13)21-11-16-23-22-15-5-4-8-24(15)16/h6-7,9H,3-5,8,10-11H2,1-2H3,(H2,19,20,21). The number of hydrogen-bond acceptors (Lipinski definition) is 3. The zero-order chi connectivity index (χ0) is 16.9. The summed E-state index contributed by atoms with van der Waals surface area (Å²) in [5.74, 6) is 2.48. The molecule has 2 N–H and O–H groups in total. The van der Waals surface area contributed by atoms with E-state index in [9.17, 15) is 4.39 Å². The number of aromatic nitrogens is 3. The zero-order valence-electron chi connectivity index (χ0n) is 14.1. The molecule has 0 fully saturated rings. The number of benzene rings is 1. The van der Waals surface area contributed by atoms with E-state index in [1.807, 2.05) is 13.0 Å². The predicted octanol–water partition coefficient (Wildman–Crippen LogP) is 1.93. The molecule has 6 nitrogen and oxygen atoms in total. The van der Waals surface area contributed by atoms with Crippen molar-refractivity contribution in [1.29, 1.82) is 0 Å². The lowest BCUT2D eigenvalue weighted by atomic mass is 10.1. The Kier molecular flexibility index (Phi) is 5.08. The van der Waals surface area contributed by atoms with Crippen LogP contribution in [-0.4, -0.2) is 27.3 Å². The minimum Gasteiger partial charge on any atom is -0.357 e. The van der Waals surface area contributed by atoms with E-state index in [2.05, 4.69) is 30.4 Å². The van der Waals surface area contributed by atoms with Crippen LogP contribution < -0.4 is 10.6 Å². The Morgan fingerprint density at radius 1 is 1.33 bits per heavy atom. The summed E-state index contributed by atoms with van der Waals surface area (Å²) in [6, 6.07) is 5.21. The first kappa shape index (κ1) is 16.4. The molecule has 1 aromatic heterocycles. The normalized spacial score (nSPS) is 13.9. The van der Waals surface area contributed by atoms with Gasteiger partial charge in [-0.25, -0.2) is 9.38 Å². The number of fused-ring (bicyclic) bond motifs is 1. The summed E-state index contributed by atoms with van der Waals surface area (Å²) in [4.78, 5) is 4.52. The highest BCUT2D eigenvalue weighted by Gasteiger charge is 2.17. The van der Waals surface area contributed by atoms with E-state index >= 15 is 0 Å². The second kappa shape index (κ2) is 7.42. The lowest BCUT2D eigenvalue weighted by Crippen LogP contribution is -2.37. The molecule has 1 aromatic carbocycles. The van der Waals surface area contributed by atoms with Crippen molar-refractivity contribution in [3.8, 4) is 0 Å². The molecule has 2 heterocycles. The fourth-order valence-corrected chi connectivity index (χ4v) is 2.75. The molecule has 0 saturated heterocycles. The van der Waals surface area contributed by atoms with Gasteiger partial charge in [0.2, 0.25) is 0 Å². The summed E-state index contributed by atoms with van der Waals surface area (Å²) < 4.78 is 15.8. The van der Waals surface area contributed by atoms with Crippen LogP contribution in [0.4, 0.5) is 4.39 Å². The zero-order valence-corrected chi connectivity index (χ0v) is 14.1. The van der Waals surface area contributed by atoms with Crippen LogP contribution in [0, 0.1) is 12.7 Å². The molecule has 24 heavy (non-hydrogen) atoms. The third-order valence-corrected chi connectivity index (χ3v) is 4.10. The van der Waals surface area contributed by atoms with Gasteiger partial charge in [0.15, 0.2) is 11.8 Å². The SMILES string of the molecule is CCNC(=NCc1ccc(C)c(F)c1)NCc1nnc2n1CCC2. The summed E-state index contributed by atoms with van der Waals surface area (Å²) in [5, 5.41) is 14.9. The number of halogens is 1. The van der Waals surface area contributed by atoms with E-state index in [1.165, 1.54) is 6.07 Å². The summed E-state index contributed by atoms with van der Waals surface area (Å²) >= 11 is 0. The minimum absolute atomic E-state index is 0.195. The number of hydrogen-bond donors (Lipinski definition) is 2. The van der Waals surface area contributed by atoms with Crippen LogP contribution in [-0.2, 0) is 26.1 Å². The third-order valence-electron chi connectivity index (χ3n) is 4.10. The van der Waals surface area contributed by atoms with Crippen molar-refractivity contribution >= 4 is 5.96 Å². The minimum atomic E-state index is -0.195. The molecule has 0 aliphatic carbocycles. The Morgan fingerprint density at radius 3 is 3.00 bits per heavy atom. The average molecular weight is 330 g/mol. The molecule has 0 saturated carbocycles. The van der Waals surface area contributed by atoms with Crippen LogP contribution in [0.25, 0.3) is 0 Å². The Morgan fingerprint density at radius 2 is 2.21 bits per heavy atom. The molecule has 7 heteroatoms. The fraction of sp³-hybridized carbons (Fsp3) is 0.471. The average Bonchev–Trinajstić information content (AvgIpc) is 3.17. The van der Waals surface area contributed by atoms with Gasteiger partial charge in [0, 0.05) is 19.5 Å². The van der Waals surface area contributed by atoms with Crippen molar-refractivity contribution in [1.82, 2.24) is 25.4 Å². The van der Waals surface area contributed by atoms with E-state index in [-0.39, 0.29) is 5.82 Å². The Hall–Kier alpha value is -2.44. The van der Waals surface area contributed by atoms with E-state index < -0.39 is 0 Å². The maximum atomic E-state index is 13.6. The van der Waals surface area contributed by atoms with E-state index in [1.54, 1.807) is 13.0 Å². The first-order valence-electron chi connectivity index (χ1n) is 8.35. The monoisotopic (exact) mass is 330 g/mol. The highest BCUT2D eigenvalue weighted by Crippen LogP contribution is 2.13. The maximum absolute atomic E-state index is 13.6. The van der Waals surface area contributed by atoms with E-state index in [0.29, 0.717) is 24.6 Å². The van der Waals surface area contributed by atoms with E-state index in [4.69, 9.17) is 0 Å². The van der Waals surface area contributed by atoms with Crippen molar-refractivity contribution in [2.45, 2.75) is 46.3 Å². The Balaban J connectivity index is 1.63. The lowest BCUT2D eigenvalue weighted by Gasteiger charge is -2.11. The van der Waals surface area contributed by atoms with Crippen LogP contribution in [0.5, 0.6) is 0 Å². The topological polar surface area (TPSA) is 67.1 Å². The summed E-state index contributed by atoms with van der Waals surface area (Å²) in [5.41, 5.74) is 1.49. The van der Waals surface area contributed by atoms with Gasteiger partial charge in [-0.05, 0) is 37.5 Å². The van der Waals surface area contributed by atoms with Crippen LogP contribution in [0.1, 0.15) is 36.1 Å². The quantitative estimate of drug-likeness (QED) is 0.649. The maximum Gasteiger partial charge on any atom is 0.191 e. The summed E-state index contributed by atoms with van der Waals surface area (Å²) in [6.07, 6.45) is 2.13. The lowest BCUT2D eigenvalue weighted by molar-refractivity contribution is 0.616. The van der Waals surface area contributed by atoms with Gasteiger partial charge in [-0.15, -0.1) is 10.2 Å². The number of aliphatic imine (C=N–C) groups is 1. The van der Waals surface area contributed by atoms with Gasteiger partial charge in [0.05, 0.1) is 13.1 Å². The second-order valence-corrected chi connectivity index (χ2v) is 5.92. The van der Waals surface area contributed by atoms with Gasteiger partial charge < -0.3 is 15.2 Å². The predicted molar refractivity (Wildman–Crippen MR) is 91.1 cm³/mol. The summed E-state index contributed by atoms with van der Waals surface area (Å²) in [7, 11) is 0. The van der Waals surface area contributed by atoms with Crippen molar-refractivity contribution in [3.05, 3.63) is 46.8 Å². The number of nitrogens with zero attached hydrogens (tertiary/aromatic N) is 4. The first-order valence-corrected chi connectivity index (χ1v) is 8.35. The molecule has 1 aliphatic rings. The molecule has 0 amide bonds. The van der Waals surface area contributed by atoms with Crippen LogP contribution in [0.15, 0.2) is 23.2 Å². The van der Waals surface area contributed by atoms with Gasteiger partial charge in [-0.3, -0.25) is 0 Å². The molecule has 0 bridgehead atoms. The largest absolute Gasteiger partial charge is 0.357 e. The number of rotatable bonds is 5. The van der Waals surface area contributed by atoms with Gasteiger partial charge >= 0.3 is 0 Å². The highest BCUT2D eigenvalue weighted by atomic mass is 19.1. The van der Waals surface area contributed by atoms with Crippen molar-refractivity contribution < 1.29 is 4.39 Å². The number of guanidine groups is 1. The first-order chi connectivity index (χ1) is 11.7. The molecule has 0 radical (unpaired) electrons. The van der Waals surface area contributed by atoms with Crippen molar-refractivity contribution in [2.24, 2.45) is 4.99 Å². The third kappa shape index (κ3) is 3.72. The van der Waals surface area contributed by atoms with Crippen LogP contribution >= 0.6 is 0 Å². The molecule has 128 valence electrons. The molecular weight excluding hydrogens is 307 g/mol. The van der Waals surface area contributed by atoms with E-state index in [0.717, 1.165) is 43.1 Å². The van der Waals surface area contributed by atoms with Crippen molar-refractivity contribution in [3.63, 3.8) is 0 Å². The number of nitrogens with one attached hydrogen (secondary N) is 2. The Labute approximate surface area is 141 Å². The molecule has 3 rings (SSSR count). The molecule has 0 spiro atoms. The molecule has 2 aromatic rings. The fourth-order valence-electron chi connectivity index (χ4n) is 2.75. The van der Waals surface area contributed by atoms with Gasteiger partial charge in [0.25, 0.3) is 0 Å². The summed E-state index contributed by atoms with van der Waals surface area (Å²) in [6.45, 7) is 6.50. The molecule has 1 aliphatic heterocycles. The van der Waals surface area contributed by atoms with Gasteiger partial charge in [0.1, 0.15) is 11.6 Å². The molecule has 0 unspecified atom stereocenters.